The van der Waals surface area contributed by atoms with Gasteiger partial charge in [-0.25, -0.2) is 4.98 Å². The molecule has 0 saturated heterocycles. The van der Waals surface area contributed by atoms with Crippen molar-refractivity contribution in [3.05, 3.63) is 46.4 Å². The number of aromatic nitrogens is 1. The van der Waals surface area contributed by atoms with Gasteiger partial charge in [0.1, 0.15) is 5.82 Å². The minimum atomic E-state index is 0.444. The van der Waals surface area contributed by atoms with Crippen LogP contribution in [0.1, 0.15) is 25.3 Å². The van der Waals surface area contributed by atoms with Gasteiger partial charge in [0.15, 0.2) is 0 Å². The van der Waals surface area contributed by atoms with E-state index in [1.165, 1.54) is 21.7 Å². The fraction of sp³-hybridized carbons (Fsp3) is 0.235. The zero-order valence-corrected chi connectivity index (χ0v) is 13.5. The lowest BCUT2D eigenvalue weighted by molar-refractivity contribution is 0.864. The average molecular weight is 329 g/mol. The third-order valence-electron chi connectivity index (χ3n) is 3.66. The van der Waals surface area contributed by atoms with Gasteiger partial charge >= 0.3 is 0 Å². The Labute approximate surface area is 127 Å². The fourth-order valence-corrected chi connectivity index (χ4v) is 3.22. The lowest BCUT2D eigenvalue weighted by atomic mass is 9.99. The van der Waals surface area contributed by atoms with E-state index in [1.54, 1.807) is 0 Å². The average Bonchev–Trinajstić information content (AvgIpc) is 2.46. The van der Waals surface area contributed by atoms with Crippen LogP contribution in [0.3, 0.4) is 0 Å². The molecule has 0 aliphatic heterocycles. The second kappa shape index (κ2) is 5.06. The molecule has 0 saturated carbocycles. The Hall–Kier alpha value is -1.61. The van der Waals surface area contributed by atoms with Crippen molar-refractivity contribution in [2.45, 2.75) is 19.8 Å². The largest absolute Gasteiger partial charge is 0.373 e. The minimum absolute atomic E-state index is 0.444. The Bertz CT molecular complexity index is 794. The topological polar surface area (TPSA) is 24.9 Å². The molecule has 20 heavy (non-hydrogen) atoms. The van der Waals surface area contributed by atoms with E-state index in [9.17, 15) is 0 Å². The van der Waals surface area contributed by atoms with Crippen LogP contribution in [0, 0.1) is 0 Å². The van der Waals surface area contributed by atoms with Gasteiger partial charge in [-0.05, 0) is 29.0 Å². The highest BCUT2D eigenvalue weighted by Crippen LogP contribution is 2.34. The molecule has 1 N–H and O–H groups in total. The van der Waals surface area contributed by atoms with E-state index in [2.05, 4.69) is 71.5 Å². The zero-order chi connectivity index (χ0) is 14.3. The summed E-state index contributed by atoms with van der Waals surface area (Å²) in [6, 6.07) is 12.8. The number of benzene rings is 2. The first-order chi connectivity index (χ1) is 9.61. The molecule has 1 heterocycles. The van der Waals surface area contributed by atoms with E-state index >= 15 is 0 Å². The molecule has 0 fully saturated rings. The van der Waals surface area contributed by atoms with Crippen molar-refractivity contribution in [3.63, 3.8) is 0 Å². The second-order valence-corrected chi connectivity index (χ2v) is 6.16. The van der Waals surface area contributed by atoms with Crippen molar-refractivity contribution in [1.82, 2.24) is 4.98 Å². The molecule has 102 valence electrons. The molecule has 0 amide bonds. The normalized spacial score (nSPS) is 11.4. The van der Waals surface area contributed by atoms with Gasteiger partial charge in [-0.1, -0.05) is 54.0 Å². The number of rotatable bonds is 2. The van der Waals surface area contributed by atoms with Crippen LogP contribution in [-0.2, 0) is 0 Å². The third-order valence-corrected chi connectivity index (χ3v) is 4.32. The van der Waals surface area contributed by atoms with Gasteiger partial charge in [0.05, 0.1) is 5.52 Å². The summed E-state index contributed by atoms with van der Waals surface area (Å²) >= 11 is 3.67. The SMILES string of the molecule is CNc1nc2c(cc1C(C)C)cc(Br)c1ccccc12. The van der Waals surface area contributed by atoms with Gasteiger partial charge < -0.3 is 5.32 Å². The Morgan fingerprint density at radius 3 is 2.45 bits per heavy atom. The molecule has 3 aromatic rings. The van der Waals surface area contributed by atoms with Crippen LogP contribution in [0.15, 0.2) is 40.9 Å². The Kier molecular flexibility index (Phi) is 3.38. The predicted molar refractivity (Wildman–Crippen MR) is 90.6 cm³/mol. The number of pyridine rings is 1. The monoisotopic (exact) mass is 328 g/mol. The van der Waals surface area contributed by atoms with Crippen LogP contribution >= 0.6 is 15.9 Å². The Morgan fingerprint density at radius 2 is 1.80 bits per heavy atom. The van der Waals surface area contributed by atoms with Crippen LogP contribution in [-0.4, -0.2) is 12.0 Å². The van der Waals surface area contributed by atoms with Crippen LogP contribution in [0.4, 0.5) is 5.82 Å². The molecule has 1 aromatic heterocycles. The predicted octanol–water partition coefficient (Wildman–Crippen LogP) is 5.32. The summed E-state index contributed by atoms with van der Waals surface area (Å²) in [6.07, 6.45) is 0. The molecule has 2 nitrogen and oxygen atoms in total. The number of hydrogen-bond acceptors (Lipinski definition) is 2. The summed E-state index contributed by atoms with van der Waals surface area (Å²) in [5.41, 5.74) is 2.31. The summed E-state index contributed by atoms with van der Waals surface area (Å²) in [5.74, 6) is 1.42. The van der Waals surface area contributed by atoms with Gasteiger partial charge in [-0.3, -0.25) is 0 Å². The van der Waals surface area contributed by atoms with Crippen molar-refractivity contribution in [1.29, 1.82) is 0 Å². The van der Waals surface area contributed by atoms with E-state index < -0.39 is 0 Å². The van der Waals surface area contributed by atoms with Gasteiger partial charge in [-0.2, -0.15) is 0 Å². The van der Waals surface area contributed by atoms with Crippen molar-refractivity contribution < 1.29 is 0 Å². The number of nitrogens with one attached hydrogen (secondary N) is 1. The molecule has 0 bridgehead atoms. The van der Waals surface area contributed by atoms with E-state index in [-0.39, 0.29) is 0 Å². The van der Waals surface area contributed by atoms with E-state index in [0.717, 1.165) is 15.8 Å². The lowest BCUT2D eigenvalue weighted by Crippen LogP contribution is -2.01. The molecular weight excluding hydrogens is 312 g/mol. The summed E-state index contributed by atoms with van der Waals surface area (Å²) < 4.78 is 1.12. The lowest BCUT2D eigenvalue weighted by Gasteiger charge is -2.14. The van der Waals surface area contributed by atoms with Crippen molar-refractivity contribution >= 4 is 43.4 Å². The van der Waals surface area contributed by atoms with Gasteiger partial charge in [0.25, 0.3) is 0 Å². The molecule has 0 spiro atoms. The molecule has 0 atom stereocenters. The Balaban J connectivity index is 2.46. The summed E-state index contributed by atoms with van der Waals surface area (Å²) in [7, 11) is 1.93. The summed E-state index contributed by atoms with van der Waals surface area (Å²) in [5, 5.41) is 6.79. The summed E-state index contributed by atoms with van der Waals surface area (Å²) in [4.78, 5) is 4.85. The van der Waals surface area contributed by atoms with Crippen molar-refractivity contribution in [2.24, 2.45) is 0 Å². The summed E-state index contributed by atoms with van der Waals surface area (Å²) in [6.45, 7) is 4.39. The molecular formula is C17H17BrN2. The highest BCUT2D eigenvalue weighted by molar-refractivity contribution is 9.10. The van der Waals surface area contributed by atoms with Crippen LogP contribution in [0.25, 0.3) is 21.7 Å². The van der Waals surface area contributed by atoms with Gasteiger partial charge in [0.2, 0.25) is 0 Å². The molecule has 3 heteroatoms. The van der Waals surface area contributed by atoms with E-state index in [1.807, 2.05) is 7.05 Å². The number of fused-ring (bicyclic) bond motifs is 3. The first kappa shape index (κ1) is 13.4. The quantitative estimate of drug-likeness (QED) is 0.644. The highest BCUT2D eigenvalue weighted by Gasteiger charge is 2.12. The molecule has 0 radical (unpaired) electrons. The van der Waals surface area contributed by atoms with Crippen molar-refractivity contribution in [3.8, 4) is 0 Å². The number of halogens is 1. The molecule has 0 aliphatic carbocycles. The molecule has 0 unspecified atom stereocenters. The third kappa shape index (κ3) is 2.06. The number of nitrogens with zero attached hydrogens (tertiary/aromatic N) is 1. The van der Waals surface area contributed by atoms with E-state index in [0.29, 0.717) is 5.92 Å². The molecule has 2 aromatic carbocycles. The highest BCUT2D eigenvalue weighted by atomic mass is 79.9. The molecule has 0 aliphatic rings. The van der Waals surface area contributed by atoms with Crippen molar-refractivity contribution in [2.75, 3.05) is 12.4 Å². The maximum Gasteiger partial charge on any atom is 0.129 e. The van der Waals surface area contributed by atoms with E-state index in [4.69, 9.17) is 4.98 Å². The second-order valence-electron chi connectivity index (χ2n) is 5.31. The molecule has 3 rings (SSSR count). The smallest absolute Gasteiger partial charge is 0.129 e. The maximum absolute atomic E-state index is 4.85. The zero-order valence-electron chi connectivity index (χ0n) is 11.9. The Morgan fingerprint density at radius 1 is 1.10 bits per heavy atom. The van der Waals surface area contributed by atoms with Crippen LogP contribution < -0.4 is 5.32 Å². The van der Waals surface area contributed by atoms with Gasteiger partial charge in [-0.15, -0.1) is 0 Å². The first-order valence-corrected chi connectivity index (χ1v) is 7.60. The number of hydrogen-bond donors (Lipinski definition) is 1. The van der Waals surface area contributed by atoms with Gasteiger partial charge in [0, 0.05) is 22.3 Å². The maximum atomic E-state index is 4.85. The van der Waals surface area contributed by atoms with Crippen LogP contribution in [0.5, 0.6) is 0 Å². The standard InChI is InChI=1S/C17H17BrN2/c1-10(2)14-8-11-9-15(18)12-6-4-5-7-13(12)16(11)20-17(14)19-3/h4-10H,1-3H3,(H,19,20). The van der Waals surface area contributed by atoms with Crippen LogP contribution in [0.2, 0.25) is 0 Å². The first-order valence-electron chi connectivity index (χ1n) is 6.81. The fourth-order valence-electron chi connectivity index (χ4n) is 2.62. The number of anilines is 1. The minimum Gasteiger partial charge on any atom is -0.373 e.